The molecular weight excluding hydrogens is 1000 g/mol. The highest BCUT2D eigenvalue weighted by Crippen LogP contribution is 2.43. The Kier molecular flexibility index (Phi) is 59.3. The summed E-state index contributed by atoms with van der Waals surface area (Å²) in [5.41, 5.74) is 5.38. The number of hydrogen-bond acceptors (Lipinski definition) is 8. The lowest BCUT2D eigenvalue weighted by Gasteiger charge is -2.19. The average molecular weight is 1110 g/mol. The quantitative estimate of drug-likeness (QED) is 0.0264. The van der Waals surface area contributed by atoms with Gasteiger partial charge in [0, 0.05) is 19.4 Å². The molecule has 0 aliphatic rings. The molecule has 0 aliphatic heterocycles. The Morgan fingerprint density at radius 3 is 1.00 bits per heavy atom. The minimum Gasteiger partial charge on any atom is -0.462 e. The average Bonchev–Trinajstić information content (AvgIpc) is 3.44. The molecule has 0 aliphatic carbocycles. The fraction of sp³-hybridized carbons (Fsp3) is 0.594. The molecule has 0 rings (SSSR count). The molecule has 0 fully saturated rings. The molecule has 0 aromatic heterocycles. The van der Waals surface area contributed by atoms with Gasteiger partial charge in [-0.1, -0.05) is 255 Å². The molecule has 446 valence electrons. The number of hydrogen-bond donors (Lipinski definition) is 2. The zero-order valence-corrected chi connectivity index (χ0v) is 50.7. The molecule has 0 radical (unpaired) electrons. The van der Waals surface area contributed by atoms with Crippen LogP contribution in [-0.2, 0) is 32.7 Å². The van der Waals surface area contributed by atoms with Crippen molar-refractivity contribution in [3.8, 4) is 0 Å². The van der Waals surface area contributed by atoms with E-state index >= 15 is 0 Å². The van der Waals surface area contributed by atoms with E-state index in [0.717, 1.165) is 122 Å². The Balaban J connectivity index is 4.05. The van der Waals surface area contributed by atoms with Crippen LogP contribution in [0.4, 0.5) is 0 Å². The second kappa shape index (κ2) is 62.8. The predicted molar refractivity (Wildman–Crippen MR) is 339 cm³/mol. The molecule has 10 heteroatoms. The van der Waals surface area contributed by atoms with Gasteiger partial charge in [-0.15, -0.1) is 0 Å². The van der Waals surface area contributed by atoms with Crippen molar-refractivity contribution < 1.29 is 37.6 Å². The number of nitrogens with two attached hydrogens (primary N) is 1. The molecule has 9 nitrogen and oxygen atoms in total. The van der Waals surface area contributed by atoms with Crippen LogP contribution in [0.2, 0.25) is 0 Å². The summed E-state index contributed by atoms with van der Waals surface area (Å²) >= 11 is 0. The number of unbranched alkanes of at least 4 members (excludes halogenated alkanes) is 17. The lowest BCUT2D eigenvalue weighted by Crippen LogP contribution is -2.29. The van der Waals surface area contributed by atoms with E-state index in [9.17, 15) is 19.0 Å². The van der Waals surface area contributed by atoms with Crippen LogP contribution in [0.1, 0.15) is 232 Å². The van der Waals surface area contributed by atoms with Crippen molar-refractivity contribution in [2.45, 2.75) is 238 Å². The number of rotatable bonds is 56. The third kappa shape index (κ3) is 62.7. The summed E-state index contributed by atoms with van der Waals surface area (Å²) in [4.78, 5) is 35.2. The smallest absolute Gasteiger partial charge is 0.462 e. The fourth-order valence-electron chi connectivity index (χ4n) is 7.91. The maximum Gasteiger partial charge on any atom is 0.472 e. The maximum atomic E-state index is 12.7. The van der Waals surface area contributed by atoms with E-state index in [4.69, 9.17) is 24.3 Å². The van der Waals surface area contributed by atoms with Crippen LogP contribution in [0.15, 0.2) is 158 Å². The van der Waals surface area contributed by atoms with Gasteiger partial charge in [-0.25, -0.2) is 4.57 Å². The normalized spacial score (nSPS) is 14.1. The van der Waals surface area contributed by atoms with Gasteiger partial charge in [0.25, 0.3) is 0 Å². The minimum absolute atomic E-state index is 0.0379. The first kappa shape index (κ1) is 74.6. The van der Waals surface area contributed by atoms with Crippen LogP contribution in [-0.4, -0.2) is 49.3 Å². The topological polar surface area (TPSA) is 134 Å². The van der Waals surface area contributed by atoms with Gasteiger partial charge >= 0.3 is 19.8 Å². The second-order valence-electron chi connectivity index (χ2n) is 19.8. The van der Waals surface area contributed by atoms with Crippen LogP contribution in [0.25, 0.3) is 0 Å². The highest BCUT2D eigenvalue weighted by molar-refractivity contribution is 7.47. The number of phosphoric acid groups is 1. The van der Waals surface area contributed by atoms with E-state index in [2.05, 4.69) is 172 Å². The third-order valence-corrected chi connectivity index (χ3v) is 13.4. The van der Waals surface area contributed by atoms with Crippen molar-refractivity contribution in [1.82, 2.24) is 0 Å². The van der Waals surface area contributed by atoms with Crippen LogP contribution < -0.4 is 5.73 Å². The van der Waals surface area contributed by atoms with Crippen molar-refractivity contribution in [1.29, 1.82) is 0 Å². The van der Waals surface area contributed by atoms with E-state index in [1.165, 1.54) is 77.0 Å². The van der Waals surface area contributed by atoms with Crippen molar-refractivity contribution in [2.75, 3.05) is 26.4 Å². The van der Waals surface area contributed by atoms with Gasteiger partial charge in [-0.2, -0.15) is 0 Å². The van der Waals surface area contributed by atoms with Crippen LogP contribution >= 0.6 is 7.82 Å². The zero-order valence-electron chi connectivity index (χ0n) is 49.8. The molecule has 79 heavy (non-hydrogen) atoms. The highest BCUT2D eigenvalue weighted by atomic mass is 31.2. The van der Waals surface area contributed by atoms with E-state index in [0.29, 0.717) is 6.42 Å². The molecule has 0 aromatic carbocycles. The fourth-order valence-corrected chi connectivity index (χ4v) is 8.68. The van der Waals surface area contributed by atoms with E-state index < -0.39 is 32.5 Å². The molecule has 0 bridgehead atoms. The molecule has 0 aromatic rings. The molecule has 2 unspecified atom stereocenters. The number of ether oxygens (including phenoxy) is 2. The molecule has 0 amide bonds. The summed E-state index contributed by atoms with van der Waals surface area (Å²) in [6, 6.07) is 0. The van der Waals surface area contributed by atoms with Gasteiger partial charge < -0.3 is 20.1 Å². The first-order valence-corrected chi connectivity index (χ1v) is 32.5. The van der Waals surface area contributed by atoms with Gasteiger partial charge in [-0.3, -0.25) is 18.6 Å². The minimum atomic E-state index is -4.41. The molecule has 3 N–H and O–H groups in total. The first-order valence-electron chi connectivity index (χ1n) is 31.0. The summed E-state index contributed by atoms with van der Waals surface area (Å²) in [7, 11) is -4.41. The predicted octanol–water partition coefficient (Wildman–Crippen LogP) is 20.1. The third-order valence-electron chi connectivity index (χ3n) is 12.4. The van der Waals surface area contributed by atoms with Crippen molar-refractivity contribution in [3.63, 3.8) is 0 Å². The van der Waals surface area contributed by atoms with Gasteiger partial charge in [0.05, 0.1) is 13.2 Å². The van der Waals surface area contributed by atoms with Crippen molar-refractivity contribution in [3.05, 3.63) is 158 Å². The van der Waals surface area contributed by atoms with Crippen LogP contribution in [0, 0.1) is 0 Å². The van der Waals surface area contributed by atoms with Crippen LogP contribution in [0.3, 0.4) is 0 Å². The van der Waals surface area contributed by atoms with Gasteiger partial charge in [0.1, 0.15) is 6.61 Å². The Morgan fingerprint density at radius 1 is 0.380 bits per heavy atom. The molecule has 0 heterocycles. The van der Waals surface area contributed by atoms with E-state index in [1.54, 1.807) is 0 Å². The number of carbonyl (C=O) groups is 2. The highest BCUT2D eigenvalue weighted by Gasteiger charge is 2.26. The molecule has 0 saturated heterocycles. The standard InChI is InChI=1S/C69H112NO8P/c1-3-5-7-9-11-13-15-17-19-21-23-25-27-29-31-32-33-34-36-37-39-41-43-45-47-49-51-53-55-57-59-61-68(71)75-65-67(66-77-79(73,74)76-64-63-70)78-69(72)62-60-58-56-54-52-50-48-46-44-42-40-38-35-30-28-26-24-22-20-18-16-14-12-10-8-6-4-2/h5-8,11-14,17-20,23-26,29-31,35,40,42,46,48,52,54,67H,3-4,9-10,15-16,21-22,27-28,32-34,36-39,41,43-45,47,49-51,53,55-66,70H2,1-2H3,(H,73,74)/b7-5-,8-6-,13-11-,14-12-,19-17-,20-18-,25-23-,26-24-,31-29-,35-30-,42-40-,48-46-,54-52-. The Morgan fingerprint density at radius 2 is 0.658 bits per heavy atom. The maximum absolute atomic E-state index is 12.7. The second-order valence-corrected chi connectivity index (χ2v) is 21.3. The van der Waals surface area contributed by atoms with Gasteiger partial charge in [0.2, 0.25) is 0 Å². The zero-order chi connectivity index (χ0) is 57.3. The molecule has 0 spiro atoms. The summed E-state index contributed by atoms with van der Waals surface area (Å²) in [6.45, 7) is 3.45. The Labute approximate surface area is 483 Å². The summed E-state index contributed by atoms with van der Waals surface area (Å²) in [6.07, 6.45) is 91.7. The SMILES string of the molecule is CC/C=C\C/C=C\C/C=C\C/C=C\C/C=C\C/C=C\C/C=C\C/C=C\CCCCC(=O)OC(COC(=O)CCCCCCCCCCCCCCCCC/C=C\C/C=C\C/C=C\C/C=C\C/C=C\CC)COP(=O)(O)OCCN. The number of phosphoric ester groups is 1. The van der Waals surface area contributed by atoms with Crippen molar-refractivity contribution >= 4 is 19.8 Å². The number of esters is 2. The Hall–Kier alpha value is -4.37. The molecule has 0 saturated carbocycles. The van der Waals surface area contributed by atoms with Gasteiger partial charge in [0.15, 0.2) is 6.10 Å². The molecule has 2 atom stereocenters. The lowest BCUT2D eigenvalue weighted by molar-refractivity contribution is -0.161. The van der Waals surface area contributed by atoms with E-state index in [1.807, 2.05) is 0 Å². The first-order chi connectivity index (χ1) is 38.8. The Bertz CT molecular complexity index is 1850. The van der Waals surface area contributed by atoms with E-state index in [-0.39, 0.29) is 32.6 Å². The number of allylic oxidation sites excluding steroid dienone is 26. The van der Waals surface area contributed by atoms with Crippen molar-refractivity contribution in [2.24, 2.45) is 5.73 Å². The van der Waals surface area contributed by atoms with Crippen LogP contribution in [0.5, 0.6) is 0 Å². The summed E-state index contributed by atoms with van der Waals surface area (Å²) < 4.78 is 33.0. The summed E-state index contributed by atoms with van der Waals surface area (Å²) in [5, 5.41) is 0. The largest absolute Gasteiger partial charge is 0.472 e. The number of carbonyl (C=O) groups excluding carboxylic acids is 2. The lowest BCUT2D eigenvalue weighted by atomic mass is 10.0. The summed E-state index contributed by atoms with van der Waals surface area (Å²) in [5.74, 6) is -0.888. The monoisotopic (exact) mass is 1110 g/mol. The molecular formula is C69H112NO8P. The van der Waals surface area contributed by atoms with Gasteiger partial charge in [-0.05, 0) is 122 Å².